The molecule has 1 aromatic carbocycles. The molecule has 2 aromatic rings. The lowest BCUT2D eigenvalue weighted by Crippen LogP contribution is -2.60. The number of carbonyl (C=O) groups excluding carboxylic acids is 1. The van der Waals surface area contributed by atoms with Crippen LogP contribution in [-0.2, 0) is 11.8 Å². The number of nitrogens with one attached hydrogen (secondary N) is 1. The number of aryl methyl sites for hydroxylation is 1. The lowest BCUT2D eigenvalue weighted by atomic mass is 9.87. The Morgan fingerprint density at radius 2 is 1.97 bits per heavy atom. The summed E-state index contributed by atoms with van der Waals surface area (Å²) in [6, 6.07) is 5.73. The molecule has 7 nitrogen and oxygen atoms in total. The van der Waals surface area contributed by atoms with Gasteiger partial charge in [-0.15, -0.1) is 0 Å². The minimum atomic E-state index is -1.09. The predicted octanol–water partition coefficient (Wildman–Crippen LogP) is 2.61. The zero-order valence-corrected chi connectivity index (χ0v) is 17.4. The van der Waals surface area contributed by atoms with Gasteiger partial charge in [0.05, 0.1) is 17.6 Å². The van der Waals surface area contributed by atoms with Crippen molar-refractivity contribution in [1.29, 1.82) is 0 Å². The Labute approximate surface area is 169 Å². The Bertz CT molecular complexity index is 970. The van der Waals surface area contributed by atoms with Crippen LogP contribution in [0, 0.1) is 0 Å². The van der Waals surface area contributed by atoms with E-state index < -0.39 is 17.9 Å². The van der Waals surface area contributed by atoms with E-state index in [2.05, 4.69) is 16.0 Å². The Kier molecular flexibility index (Phi) is 4.93. The normalized spacial score (nSPS) is 24.0. The summed E-state index contributed by atoms with van der Waals surface area (Å²) in [5.74, 6) is 0.274. The molecule has 29 heavy (non-hydrogen) atoms. The van der Waals surface area contributed by atoms with Gasteiger partial charge in [-0.3, -0.25) is 9.47 Å². The van der Waals surface area contributed by atoms with Crippen molar-refractivity contribution in [3.8, 4) is 0 Å². The number of hydrogen-bond acceptors (Lipinski definition) is 4. The maximum Gasteiger partial charge on any atom is 0.410 e. The highest BCUT2D eigenvalue weighted by molar-refractivity contribution is 5.79. The average Bonchev–Trinajstić information content (AvgIpc) is 2.88. The number of imidazole rings is 1. The van der Waals surface area contributed by atoms with Crippen molar-refractivity contribution in [3.05, 3.63) is 34.2 Å². The van der Waals surface area contributed by atoms with E-state index >= 15 is 0 Å². The van der Waals surface area contributed by atoms with Gasteiger partial charge in [-0.1, -0.05) is 12.1 Å². The molecule has 2 aliphatic rings. The second-order valence-corrected chi connectivity index (χ2v) is 9.18. The molecule has 2 fully saturated rings. The van der Waals surface area contributed by atoms with Crippen LogP contribution in [0.5, 0.6) is 0 Å². The van der Waals surface area contributed by atoms with Gasteiger partial charge in [0.1, 0.15) is 11.8 Å². The molecule has 0 aliphatic carbocycles. The smallest absolute Gasteiger partial charge is 0.410 e. The van der Waals surface area contributed by atoms with Crippen molar-refractivity contribution < 1.29 is 13.9 Å². The fourth-order valence-electron chi connectivity index (χ4n) is 4.44. The summed E-state index contributed by atoms with van der Waals surface area (Å²) in [4.78, 5) is 30.7. The molecule has 1 aromatic heterocycles. The highest BCUT2D eigenvalue weighted by Gasteiger charge is 2.42. The third-order valence-corrected chi connectivity index (χ3v) is 5.93. The van der Waals surface area contributed by atoms with Gasteiger partial charge >= 0.3 is 11.8 Å². The van der Waals surface area contributed by atoms with Crippen molar-refractivity contribution >= 4 is 17.1 Å². The first kappa shape index (κ1) is 19.9. The van der Waals surface area contributed by atoms with Crippen LogP contribution in [0.15, 0.2) is 23.0 Å². The number of H-pyrrole nitrogens is 1. The monoisotopic (exact) mass is 404 g/mol. The molecule has 0 spiro atoms. The van der Waals surface area contributed by atoms with E-state index in [1.807, 2.05) is 32.9 Å². The van der Waals surface area contributed by atoms with Crippen LogP contribution < -0.4 is 5.69 Å². The van der Waals surface area contributed by atoms with Gasteiger partial charge < -0.3 is 14.6 Å². The van der Waals surface area contributed by atoms with E-state index in [1.165, 1.54) is 4.90 Å². The number of ether oxygens (including phenoxy) is 1. The van der Waals surface area contributed by atoms with Crippen LogP contribution in [0.3, 0.4) is 0 Å². The summed E-state index contributed by atoms with van der Waals surface area (Å²) in [7, 11) is 1.77. The van der Waals surface area contributed by atoms with E-state index in [-0.39, 0.29) is 24.2 Å². The highest BCUT2D eigenvalue weighted by atomic mass is 19.1. The number of hydrogen-bond donors (Lipinski definition) is 1. The summed E-state index contributed by atoms with van der Waals surface area (Å²) >= 11 is 0. The molecule has 3 heterocycles. The van der Waals surface area contributed by atoms with Crippen LogP contribution in [0.25, 0.3) is 11.0 Å². The summed E-state index contributed by atoms with van der Waals surface area (Å²) in [5, 5.41) is 0. The first-order valence-electron chi connectivity index (χ1n) is 10.2. The minimum Gasteiger partial charge on any atom is -0.444 e. The Morgan fingerprint density at radius 1 is 1.24 bits per heavy atom. The topological polar surface area (TPSA) is 70.6 Å². The lowest BCUT2D eigenvalue weighted by Gasteiger charge is -2.48. The SMILES string of the molecule is Cn1c(=O)[nH]c2cccc(C3CN([C@@H]4CCN(C(=O)OC(C)(C)C)C[C@@H]4F)C3)c21. The number of aromatic nitrogens is 2. The Morgan fingerprint density at radius 3 is 2.62 bits per heavy atom. The number of para-hydroxylation sites is 1. The zero-order chi connectivity index (χ0) is 20.9. The molecule has 2 atom stereocenters. The number of likely N-dealkylation sites (tertiary alicyclic amines) is 2. The number of aromatic amines is 1. The third-order valence-electron chi connectivity index (χ3n) is 5.93. The average molecular weight is 404 g/mol. The van der Waals surface area contributed by atoms with Crippen molar-refractivity contribution in [2.45, 2.75) is 50.9 Å². The van der Waals surface area contributed by atoms with Gasteiger partial charge in [-0.05, 0) is 38.8 Å². The zero-order valence-electron chi connectivity index (χ0n) is 17.4. The standard InChI is InChI=1S/C21H29FN4O3/c1-21(2,3)29-20(28)25-9-8-17(15(22)12-25)26-10-13(11-26)14-6-5-7-16-18(14)24(4)19(27)23-16/h5-7,13,15,17H,8-12H2,1-4H3,(H,23,27)/t15-,17+/m0/s1. The number of benzene rings is 1. The van der Waals surface area contributed by atoms with Gasteiger partial charge in [-0.2, -0.15) is 0 Å². The van der Waals surface area contributed by atoms with Crippen molar-refractivity contribution in [2.75, 3.05) is 26.2 Å². The number of carbonyl (C=O) groups is 1. The second-order valence-electron chi connectivity index (χ2n) is 9.18. The minimum absolute atomic E-state index is 0.0721. The molecule has 4 rings (SSSR count). The van der Waals surface area contributed by atoms with Gasteiger partial charge in [0, 0.05) is 38.6 Å². The number of nitrogens with zero attached hydrogens (tertiary/aromatic N) is 3. The lowest BCUT2D eigenvalue weighted by molar-refractivity contribution is -0.0227. The van der Waals surface area contributed by atoms with Crippen LogP contribution in [-0.4, -0.2) is 69.4 Å². The number of halogens is 1. The molecule has 158 valence electrons. The van der Waals surface area contributed by atoms with Crippen LogP contribution in [0.1, 0.15) is 38.7 Å². The van der Waals surface area contributed by atoms with Gasteiger partial charge in [0.25, 0.3) is 0 Å². The van der Waals surface area contributed by atoms with Crippen LogP contribution in [0.2, 0.25) is 0 Å². The fourth-order valence-corrected chi connectivity index (χ4v) is 4.44. The predicted molar refractivity (Wildman–Crippen MR) is 109 cm³/mol. The van der Waals surface area contributed by atoms with E-state index in [4.69, 9.17) is 4.74 Å². The molecule has 0 radical (unpaired) electrons. The molecule has 8 heteroatoms. The second kappa shape index (κ2) is 7.16. The molecule has 0 saturated carbocycles. The number of alkyl halides is 1. The van der Waals surface area contributed by atoms with Crippen molar-refractivity contribution in [2.24, 2.45) is 7.05 Å². The maximum atomic E-state index is 14.9. The van der Waals surface area contributed by atoms with E-state index in [9.17, 15) is 14.0 Å². The number of amides is 1. The Balaban J connectivity index is 1.39. The van der Waals surface area contributed by atoms with E-state index in [0.29, 0.717) is 13.0 Å². The van der Waals surface area contributed by atoms with Crippen molar-refractivity contribution in [1.82, 2.24) is 19.4 Å². The highest BCUT2D eigenvalue weighted by Crippen LogP contribution is 2.35. The number of piperidine rings is 1. The van der Waals surface area contributed by atoms with E-state index in [0.717, 1.165) is 29.7 Å². The number of fused-ring (bicyclic) bond motifs is 1. The molecule has 0 bridgehead atoms. The van der Waals surface area contributed by atoms with Crippen LogP contribution in [0.4, 0.5) is 9.18 Å². The molecule has 2 aliphatic heterocycles. The maximum absolute atomic E-state index is 14.9. The third kappa shape index (κ3) is 3.77. The molecular formula is C21H29FN4O3. The summed E-state index contributed by atoms with van der Waals surface area (Å²) in [6.07, 6.45) is -0.940. The molecular weight excluding hydrogens is 375 g/mol. The number of rotatable bonds is 2. The van der Waals surface area contributed by atoms with Crippen molar-refractivity contribution in [3.63, 3.8) is 0 Å². The first-order chi connectivity index (χ1) is 13.6. The van der Waals surface area contributed by atoms with E-state index in [1.54, 1.807) is 11.6 Å². The van der Waals surface area contributed by atoms with Gasteiger partial charge in [0.15, 0.2) is 0 Å². The molecule has 2 saturated heterocycles. The van der Waals surface area contributed by atoms with Gasteiger partial charge in [-0.25, -0.2) is 14.0 Å². The van der Waals surface area contributed by atoms with Crippen LogP contribution >= 0.6 is 0 Å². The quantitative estimate of drug-likeness (QED) is 0.835. The molecule has 1 N–H and O–H groups in total. The van der Waals surface area contributed by atoms with Gasteiger partial charge in [0.2, 0.25) is 0 Å². The first-order valence-corrected chi connectivity index (χ1v) is 10.2. The summed E-state index contributed by atoms with van der Waals surface area (Å²) in [5.41, 5.74) is 2.19. The summed E-state index contributed by atoms with van der Waals surface area (Å²) in [6.45, 7) is 7.53. The summed E-state index contributed by atoms with van der Waals surface area (Å²) < 4.78 is 21.9. The Hall–Kier alpha value is -2.35. The molecule has 1 amide bonds. The largest absolute Gasteiger partial charge is 0.444 e. The molecule has 0 unspecified atom stereocenters. The fraction of sp³-hybridized carbons (Fsp3) is 0.619.